The van der Waals surface area contributed by atoms with Gasteiger partial charge in [-0.25, -0.2) is 4.79 Å². The van der Waals surface area contributed by atoms with Crippen molar-refractivity contribution >= 4 is 23.7 Å². The van der Waals surface area contributed by atoms with E-state index < -0.39 is 18.0 Å². The Bertz CT molecular complexity index is 513. The highest BCUT2D eigenvalue weighted by Crippen LogP contribution is 2.11. The number of hydrogen-bond acceptors (Lipinski definition) is 4. The lowest BCUT2D eigenvalue weighted by molar-refractivity contribution is -0.141. The summed E-state index contributed by atoms with van der Waals surface area (Å²) in [6.45, 7) is -0.140. The largest absolute Gasteiger partial charge is 0.481 e. The van der Waals surface area contributed by atoms with Gasteiger partial charge >= 0.3 is 18.0 Å². The van der Waals surface area contributed by atoms with Crippen molar-refractivity contribution in [3.8, 4) is 0 Å². The number of nitrogens with one attached hydrogen (secondary N) is 1. The van der Waals surface area contributed by atoms with E-state index in [9.17, 15) is 14.4 Å². The Morgan fingerprint density at radius 3 is 2.38 bits per heavy atom. The van der Waals surface area contributed by atoms with E-state index in [-0.39, 0.29) is 13.0 Å². The van der Waals surface area contributed by atoms with Crippen LogP contribution in [0.25, 0.3) is 0 Å². The lowest BCUT2D eigenvalue weighted by atomic mass is 10.1. The van der Waals surface area contributed by atoms with Gasteiger partial charge in [0.05, 0.1) is 7.11 Å². The minimum absolute atomic E-state index is 0.0631. The average Bonchev–Trinajstić information content (AvgIpc) is 2.46. The molecule has 1 rings (SSSR count). The second-order valence-corrected chi connectivity index (χ2v) is 4.45. The summed E-state index contributed by atoms with van der Waals surface area (Å²) in [4.78, 5) is 34.5. The first-order valence-corrected chi connectivity index (χ1v) is 6.32. The summed E-state index contributed by atoms with van der Waals surface area (Å²) in [5.74, 6) is -1.35. The molecule has 0 radical (unpaired) electrons. The molecule has 0 bridgehead atoms. The van der Waals surface area contributed by atoms with Crippen LogP contribution in [0, 0.1) is 0 Å². The first-order valence-electron chi connectivity index (χ1n) is 6.32. The highest BCUT2D eigenvalue weighted by atomic mass is 16.5. The van der Waals surface area contributed by atoms with Gasteiger partial charge in [-0.05, 0) is 24.1 Å². The van der Waals surface area contributed by atoms with E-state index in [0.717, 1.165) is 5.56 Å². The fraction of sp³-hybridized carbons (Fsp3) is 0.357. The van der Waals surface area contributed by atoms with Gasteiger partial charge < -0.3 is 20.1 Å². The van der Waals surface area contributed by atoms with Crippen LogP contribution < -0.4 is 5.32 Å². The molecule has 0 heterocycles. The predicted octanol–water partition coefficient (Wildman–Crippen LogP) is 1.34. The molecule has 1 aromatic carbocycles. The van der Waals surface area contributed by atoms with Gasteiger partial charge in [-0.1, -0.05) is 12.1 Å². The molecule has 0 spiro atoms. The number of hydrogen-bond donors (Lipinski definition) is 2. The third kappa shape index (κ3) is 5.94. The molecular formula is C14H18N2O5. The molecule has 7 heteroatoms. The van der Waals surface area contributed by atoms with Crippen molar-refractivity contribution in [2.75, 3.05) is 26.0 Å². The molecule has 0 aromatic heterocycles. The lowest BCUT2D eigenvalue weighted by Gasteiger charge is -2.16. The number of likely N-dealkylation sites (N-methyl/N-ethyl adjacent to an activating group) is 1. The van der Waals surface area contributed by atoms with E-state index in [1.54, 1.807) is 24.3 Å². The Hall–Kier alpha value is -2.57. The van der Waals surface area contributed by atoms with E-state index in [1.807, 2.05) is 0 Å². The third-order valence-electron chi connectivity index (χ3n) is 2.77. The fourth-order valence-electron chi connectivity index (χ4n) is 1.55. The number of carbonyl (C=O) groups is 3. The quantitative estimate of drug-likeness (QED) is 0.772. The Balaban J connectivity index is 2.53. The molecule has 0 aliphatic carbocycles. The van der Waals surface area contributed by atoms with Crippen LogP contribution in [0.15, 0.2) is 24.3 Å². The minimum Gasteiger partial charge on any atom is -0.481 e. The van der Waals surface area contributed by atoms with Crippen LogP contribution in [-0.4, -0.2) is 48.7 Å². The standard InChI is InChI=1S/C14H18N2O5/c1-16(9-13(19)21-2)14(20)15-11-6-3-10(4-7-11)5-8-12(17)18/h3-4,6-7H,5,8-9H2,1-2H3,(H,15,20)(H,17,18). The van der Waals surface area contributed by atoms with Gasteiger partial charge in [0.1, 0.15) is 6.54 Å². The van der Waals surface area contributed by atoms with E-state index in [1.165, 1.54) is 19.1 Å². The number of esters is 1. The monoisotopic (exact) mass is 294 g/mol. The Morgan fingerprint density at radius 2 is 1.86 bits per heavy atom. The molecule has 0 aliphatic rings. The Labute approximate surface area is 122 Å². The molecule has 0 fully saturated rings. The number of aliphatic carboxylic acids is 1. The predicted molar refractivity (Wildman–Crippen MR) is 76.1 cm³/mol. The number of carbonyl (C=O) groups excluding carboxylic acids is 2. The maximum absolute atomic E-state index is 11.8. The maximum atomic E-state index is 11.8. The number of amides is 2. The van der Waals surface area contributed by atoms with Crippen LogP contribution in [0.2, 0.25) is 0 Å². The zero-order valence-corrected chi connectivity index (χ0v) is 12.0. The topological polar surface area (TPSA) is 95.9 Å². The zero-order valence-electron chi connectivity index (χ0n) is 12.0. The number of carboxylic acid groups (broad SMARTS) is 1. The van der Waals surface area contributed by atoms with Gasteiger partial charge in [-0.15, -0.1) is 0 Å². The van der Waals surface area contributed by atoms with Crippen LogP contribution in [0.4, 0.5) is 10.5 Å². The number of aryl methyl sites for hydroxylation is 1. The third-order valence-corrected chi connectivity index (χ3v) is 2.77. The molecule has 0 aliphatic heterocycles. The van der Waals surface area contributed by atoms with Crippen LogP contribution in [0.5, 0.6) is 0 Å². The number of methoxy groups -OCH3 is 1. The molecule has 2 amide bonds. The first-order chi connectivity index (χ1) is 9.92. The first kappa shape index (κ1) is 16.5. The summed E-state index contributed by atoms with van der Waals surface area (Å²) in [5, 5.41) is 11.2. The molecule has 114 valence electrons. The van der Waals surface area contributed by atoms with Crippen molar-refractivity contribution in [3.05, 3.63) is 29.8 Å². The average molecular weight is 294 g/mol. The Kier molecular flexibility index (Phi) is 6.19. The molecule has 7 nitrogen and oxygen atoms in total. The van der Waals surface area contributed by atoms with E-state index in [2.05, 4.69) is 10.1 Å². The summed E-state index contributed by atoms with van der Waals surface area (Å²) in [6, 6.07) is 6.43. The molecule has 1 aromatic rings. The van der Waals surface area contributed by atoms with Crippen molar-refractivity contribution < 1.29 is 24.2 Å². The molecular weight excluding hydrogens is 276 g/mol. The van der Waals surface area contributed by atoms with E-state index in [4.69, 9.17) is 5.11 Å². The molecule has 2 N–H and O–H groups in total. The summed E-state index contributed by atoms with van der Waals surface area (Å²) in [7, 11) is 2.73. The van der Waals surface area contributed by atoms with Crippen LogP contribution in [-0.2, 0) is 20.7 Å². The lowest BCUT2D eigenvalue weighted by Crippen LogP contribution is -2.35. The number of nitrogens with zero attached hydrogens (tertiary/aromatic N) is 1. The van der Waals surface area contributed by atoms with Gasteiger partial charge in [-0.2, -0.15) is 0 Å². The second kappa shape index (κ2) is 7.88. The highest BCUT2D eigenvalue weighted by molar-refractivity contribution is 5.91. The smallest absolute Gasteiger partial charge is 0.325 e. The number of urea groups is 1. The van der Waals surface area contributed by atoms with Gasteiger partial charge in [0.25, 0.3) is 0 Å². The van der Waals surface area contributed by atoms with Crippen LogP contribution in [0.3, 0.4) is 0 Å². The molecule has 21 heavy (non-hydrogen) atoms. The summed E-state index contributed by atoms with van der Waals surface area (Å²) < 4.78 is 4.47. The summed E-state index contributed by atoms with van der Waals surface area (Å²) in [5.41, 5.74) is 1.44. The molecule has 0 saturated carbocycles. The number of carboxylic acids is 1. The number of rotatable bonds is 6. The summed E-state index contributed by atoms with van der Waals surface area (Å²) in [6.07, 6.45) is 0.499. The van der Waals surface area contributed by atoms with Crippen molar-refractivity contribution in [1.29, 1.82) is 0 Å². The molecule has 0 saturated heterocycles. The second-order valence-electron chi connectivity index (χ2n) is 4.45. The van der Waals surface area contributed by atoms with Crippen molar-refractivity contribution in [2.24, 2.45) is 0 Å². The van der Waals surface area contributed by atoms with Crippen LogP contribution in [0.1, 0.15) is 12.0 Å². The summed E-state index contributed by atoms with van der Waals surface area (Å²) >= 11 is 0. The van der Waals surface area contributed by atoms with Crippen molar-refractivity contribution in [2.45, 2.75) is 12.8 Å². The van der Waals surface area contributed by atoms with Gasteiger partial charge in [0.15, 0.2) is 0 Å². The highest BCUT2D eigenvalue weighted by Gasteiger charge is 2.13. The number of benzene rings is 1. The SMILES string of the molecule is COC(=O)CN(C)C(=O)Nc1ccc(CCC(=O)O)cc1. The van der Waals surface area contributed by atoms with E-state index in [0.29, 0.717) is 12.1 Å². The fourth-order valence-corrected chi connectivity index (χ4v) is 1.55. The zero-order chi connectivity index (χ0) is 15.8. The molecule has 0 atom stereocenters. The van der Waals surface area contributed by atoms with Crippen molar-refractivity contribution in [1.82, 2.24) is 4.90 Å². The van der Waals surface area contributed by atoms with Crippen LogP contribution >= 0.6 is 0 Å². The normalized spacial score (nSPS) is 9.81. The minimum atomic E-state index is -0.850. The molecule has 0 unspecified atom stereocenters. The Morgan fingerprint density at radius 1 is 1.24 bits per heavy atom. The van der Waals surface area contributed by atoms with Gasteiger partial charge in [0.2, 0.25) is 0 Å². The van der Waals surface area contributed by atoms with Crippen molar-refractivity contribution in [3.63, 3.8) is 0 Å². The maximum Gasteiger partial charge on any atom is 0.325 e. The number of anilines is 1. The van der Waals surface area contributed by atoms with Gasteiger partial charge in [-0.3, -0.25) is 9.59 Å². The van der Waals surface area contributed by atoms with E-state index >= 15 is 0 Å². The van der Waals surface area contributed by atoms with Gasteiger partial charge in [0, 0.05) is 19.2 Å². The number of ether oxygens (including phenoxy) is 1.